The van der Waals surface area contributed by atoms with Gasteiger partial charge in [-0.1, -0.05) is 0 Å². The summed E-state index contributed by atoms with van der Waals surface area (Å²) < 4.78 is 13.1. The average Bonchev–Trinajstić information content (AvgIpc) is 2.59. The lowest BCUT2D eigenvalue weighted by Gasteiger charge is -2.13. The van der Waals surface area contributed by atoms with Crippen LogP contribution in [0.2, 0.25) is 0 Å². The minimum Gasteiger partial charge on any atom is -0.269 e. The Kier molecular flexibility index (Phi) is 2.43. The molecule has 0 aliphatic carbocycles. The second kappa shape index (κ2) is 3.78. The number of carbonyl (C=O) groups is 2. The van der Waals surface area contributed by atoms with Crippen LogP contribution in [0.5, 0.6) is 0 Å². The minimum absolute atomic E-state index is 0.0295. The highest BCUT2D eigenvalue weighted by molar-refractivity contribution is 6.28. The van der Waals surface area contributed by atoms with Crippen LogP contribution < -0.4 is 4.90 Å². The van der Waals surface area contributed by atoms with E-state index in [1.54, 1.807) is 0 Å². The third-order valence-electron chi connectivity index (χ3n) is 2.19. The second-order valence-corrected chi connectivity index (χ2v) is 3.24. The largest absolute Gasteiger partial charge is 0.306 e. The summed E-state index contributed by atoms with van der Waals surface area (Å²) in [6.45, 7) is 0. The molecule has 0 spiro atoms. The zero-order valence-electron chi connectivity index (χ0n) is 8.29. The van der Waals surface area contributed by atoms with E-state index in [-0.39, 0.29) is 5.69 Å². The lowest BCUT2D eigenvalue weighted by Crippen LogP contribution is -2.29. The van der Waals surface area contributed by atoms with Crippen LogP contribution in [0, 0.1) is 15.9 Å². The highest BCUT2D eigenvalue weighted by atomic mass is 19.1. The Labute approximate surface area is 94.1 Å². The molecule has 0 aromatic heterocycles. The third kappa shape index (κ3) is 1.78. The van der Waals surface area contributed by atoms with Gasteiger partial charge in [0, 0.05) is 18.2 Å². The number of amides is 2. The molecule has 0 radical (unpaired) electrons. The maximum atomic E-state index is 13.1. The average molecular weight is 236 g/mol. The van der Waals surface area contributed by atoms with E-state index in [0.29, 0.717) is 0 Å². The van der Waals surface area contributed by atoms with E-state index in [1.807, 2.05) is 0 Å². The molecule has 2 amide bonds. The first-order chi connectivity index (χ1) is 8.00. The number of halogens is 1. The van der Waals surface area contributed by atoms with Gasteiger partial charge in [0.25, 0.3) is 11.8 Å². The van der Waals surface area contributed by atoms with Gasteiger partial charge in [-0.15, -0.1) is 0 Å². The summed E-state index contributed by atoms with van der Waals surface area (Å²) >= 11 is 0. The highest BCUT2D eigenvalue weighted by Crippen LogP contribution is 2.26. The molecule has 86 valence electrons. The standard InChI is InChI=1S/C10H5FN2O4/c11-7-2-1-6(5-8(7)13(16)17)12-9(14)3-4-10(12)15/h1-5H. The number of rotatable bonds is 2. The predicted molar refractivity (Wildman–Crippen MR) is 54.7 cm³/mol. The maximum Gasteiger partial charge on any atom is 0.306 e. The van der Waals surface area contributed by atoms with Gasteiger partial charge in [-0.05, 0) is 12.1 Å². The van der Waals surface area contributed by atoms with Gasteiger partial charge in [-0.25, -0.2) is 4.90 Å². The smallest absolute Gasteiger partial charge is 0.269 e. The van der Waals surface area contributed by atoms with Crippen molar-refractivity contribution in [3.8, 4) is 0 Å². The maximum absolute atomic E-state index is 13.1. The molecule has 2 rings (SSSR count). The number of nitro groups is 1. The Hall–Kier alpha value is -2.57. The van der Waals surface area contributed by atoms with E-state index < -0.39 is 28.2 Å². The van der Waals surface area contributed by atoms with Crippen LogP contribution in [0.15, 0.2) is 30.4 Å². The van der Waals surface area contributed by atoms with E-state index in [9.17, 15) is 24.1 Å². The number of nitro benzene ring substituents is 1. The van der Waals surface area contributed by atoms with Crippen molar-refractivity contribution in [1.82, 2.24) is 0 Å². The predicted octanol–water partition coefficient (Wildman–Crippen LogP) is 1.16. The fraction of sp³-hybridized carbons (Fsp3) is 0. The van der Waals surface area contributed by atoms with Crippen molar-refractivity contribution in [3.05, 3.63) is 46.3 Å². The van der Waals surface area contributed by atoms with E-state index >= 15 is 0 Å². The first kappa shape index (κ1) is 10.9. The van der Waals surface area contributed by atoms with Crippen LogP contribution >= 0.6 is 0 Å². The van der Waals surface area contributed by atoms with Crippen LogP contribution in [-0.2, 0) is 9.59 Å². The Bertz CT molecular complexity index is 549. The van der Waals surface area contributed by atoms with Crippen molar-refractivity contribution in [1.29, 1.82) is 0 Å². The van der Waals surface area contributed by atoms with Gasteiger partial charge in [-0.3, -0.25) is 19.7 Å². The van der Waals surface area contributed by atoms with Crippen molar-refractivity contribution in [2.24, 2.45) is 0 Å². The van der Waals surface area contributed by atoms with Crippen LogP contribution in [0.4, 0.5) is 15.8 Å². The topological polar surface area (TPSA) is 80.5 Å². The third-order valence-corrected chi connectivity index (χ3v) is 2.19. The van der Waals surface area contributed by atoms with Crippen LogP contribution in [0.3, 0.4) is 0 Å². The zero-order chi connectivity index (χ0) is 12.6. The molecule has 0 bridgehead atoms. The molecule has 1 aromatic carbocycles. The molecular weight excluding hydrogens is 231 g/mol. The second-order valence-electron chi connectivity index (χ2n) is 3.24. The summed E-state index contributed by atoms with van der Waals surface area (Å²) in [5.41, 5.74) is -0.812. The molecule has 0 saturated carbocycles. The molecule has 0 saturated heterocycles. The quantitative estimate of drug-likeness (QED) is 0.438. The van der Waals surface area contributed by atoms with Gasteiger partial charge < -0.3 is 0 Å². The van der Waals surface area contributed by atoms with Gasteiger partial charge in [-0.2, -0.15) is 4.39 Å². The number of carbonyl (C=O) groups excluding carboxylic acids is 2. The summed E-state index contributed by atoms with van der Waals surface area (Å²) in [7, 11) is 0. The molecule has 0 N–H and O–H groups in total. The number of imide groups is 1. The zero-order valence-corrected chi connectivity index (χ0v) is 8.29. The van der Waals surface area contributed by atoms with Crippen LogP contribution in [-0.4, -0.2) is 16.7 Å². The number of benzene rings is 1. The molecule has 1 aromatic rings. The Morgan fingerprint density at radius 2 is 1.76 bits per heavy atom. The molecule has 0 unspecified atom stereocenters. The van der Waals surface area contributed by atoms with Gasteiger partial charge in [0.05, 0.1) is 10.6 Å². The van der Waals surface area contributed by atoms with Gasteiger partial charge in [0.2, 0.25) is 5.82 Å². The van der Waals surface area contributed by atoms with E-state index in [0.717, 1.165) is 35.3 Å². The molecule has 1 heterocycles. The first-order valence-corrected chi connectivity index (χ1v) is 4.51. The van der Waals surface area contributed by atoms with Gasteiger partial charge in [0.1, 0.15) is 0 Å². The lowest BCUT2D eigenvalue weighted by atomic mass is 10.2. The molecule has 1 aliphatic heterocycles. The van der Waals surface area contributed by atoms with Crippen LogP contribution in [0.1, 0.15) is 0 Å². The molecule has 6 nitrogen and oxygen atoms in total. The molecule has 0 fully saturated rings. The normalized spacial score (nSPS) is 14.5. The van der Waals surface area contributed by atoms with Crippen molar-refractivity contribution in [2.75, 3.05) is 4.90 Å². The molecule has 0 atom stereocenters. The molecule has 1 aliphatic rings. The SMILES string of the molecule is O=C1C=CC(=O)N1c1ccc(F)c([N+](=O)[O-])c1. The summed E-state index contributed by atoms with van der Waals surface area (Å²) in [4.78, 5) is 32.9. The summed E-state index contributed by atoms with van der Waals surface area (Å²) in [6, 6.07) is 2.82. The van der Waals surface area contributed by atoms with E-state index in [2.05, 4.69) is 0 Å². The summed E-state index contributed by atoms with van der Waals surface area (Å²) in [5, 5.41) is 10.5. The number of hydrogen-bond acceptors (Lipinski definition) is 4. The van der Waals surface area contributed by atoms with Crippen molar-refractivity contribution >= 4 is 23.2 Å². The first-order valence-electron chi connectivity index (χ1n) is 4.51. The van der Waals surface area contributed by atoms with Crippen LogP contribution in [0.25, 0.3) is 0 Å². The number of nitrogens with zero attached hydrogens (tertiary/aromatic N) is 2. The molecule has 17 heavy (non-hydrogen) atoms. The minimum atomic E-state index is -1.02. The van der Waals surface area contributed by atoms with Gasteiger partial charge in [0.15, 0.2) is 0 Å². The van der Waals surface area contributed by atoms with Crippen molar-refractivity contribution in [3.63, 3.8) is 0 Å². The van der Waals surface area contributed by atoms with Gasteiger partial charge >= 0.3 is 5.69 Å². The van der Waals surface area contributed by atoms with Crippen molar-refractivity contribution < 1.29 is 18.9 Å². The summed E-state index contributed by atoms with van der Waals surface area (Å²) in [6.07, 6.45) is 2.08. The Morgan fingerprint density at radius 3 is 2.29 bits per heavy atom. The number of anilines is 1. The lowest BCUT2D eigenvalue weighted by molar-refractivity contribution is -0.387. The molecular formula is C10H5FN2O4. The Morgan fingerprint density at radius 1 is 1.18 bits per heavy atom. The number of hydrogen-bond donors (Lipinski definition) is 0. The fourth-order valence-electron chi connectivity index (χ4n) is 1.43. The van der Waals surface area contributed by atoms with Crippen molar-refractivity contribution in [2.45, 2.75) is 0 Å². The summed E-state index contributed by atoms with van der Waals surface area (Å²) in [5.74, 6) is -2.25. The monoisotopic (exact) mass is 236 g/mol. The molecule has 7 heteroatoms. The highest BCUT2D eigenvalue weighted by Gasteiger charge is 2.27. The Balaban J connectivity index is 2.47. The van der Waals surface area contributed by atoms with E-state index in [4.69, 9.17) is 0 Å². The van der Waals surface area contributed by atoms with E-state index in [1.165, 1.54) is 0 Å². The fourth-order valence-corrected chi connectivity index (χ4v) is 1.43.